The summed E-state index contributed by atoms with van der Waals surface area (Å²) in [4.78, 5) is 12.1. The van der Waals surface area contributed by atoms with Gasteiger partial charge in [-0.25, -0.2) is 13.8 Å². The minimum Gasteiger partial charge on any atom is -0.267 e. The highest BCUT2D eigenvalue weighted by atomic mass is 35.5. The molecule has 0 bridgehead atoms. The zero-order valence-corrected chi connectivity index (χ0v) is 16.0. The quantitative estimate of drug-likeness (QED) is 0.635. The molecule has 138 valence electrons. The molecule has 26 heavy (non-hydrogen) atoms. The third-order valence-corrected chi connectivity index (χ3v) is 6.37. The molecule has 0 saturated carbocycles. The van der Waals surface area contributed by atoms with E-state index in [1.54, 1.807) is 28.9 Å². The topological polar surface area (TPSA) is 93.4 Å². The Morgan fingerprint density at radius 3 is 2.85 bits per heavy atom. The number of nitrogens with one attached hydrogen (secondary N) is 1. The van der Waals surface area contributed by atoms with E-state index in [0.29, 0.717) is 17.0 Å². The Balaban J connectivity index is 1.74. The van der Waals surface area contributed by atoms with E-state index in [1.807, 2.05) is 13.8 Å². The van der Waals surface area contributed by atoms with Crippen LogP contribution in [0, 0.1) is 13.8 Å². The zero-order valence-electron chi connectivity index (χ0n) is 14.4. The molecule has 3 rings (SSSR count). The SMILES string of the molecule is Cc1nn([C@H]2CCS(=O)(=O)C2)c(C)c1/C=N\NC(=O)c1cccc(Cl)c1. The van der Waals surface area contributed by atoms with E-state index in [2.05, 4.69) is 15.6 Å². The Morgan fingerprint density at radius 1 is 1.42 bits per heavy atom. The van der Waals surface area contributed by atoms with Gasteiger partial charge >= 0.3 is 0 Å². The first-order valence-electron chi connectivity index (χ1n) is 8.12. The number of aryl methyl sites for hydroxylation is 1. The van der Waals surface area contributed by atoms with Crippen molar-refractivity contribution in [3.05, 3.63) is 51.8 Å². The molecule has 7 nitrogen and oxygen atoms in total. The number of hydrazone groups is 1. The fraction of sp³-hybridized carbons (Fsp3) is 0.353. The van der Waals surface area contributed by atoms with Crippen molar-refractivity contribution in [3.8, 4) is 0 Å². The summed E-state index contributed by atoms with van der Waals surface area (Å²) in [7, 11) is -2.99. The first kappa shape index (κ1) is 18.6. The van der Waals surface area contributed by atoms with Crippen LogP contribution in [0.1, 0.15) is 39.8 Å². The fourth-order valence-electron chi connectivity index (χ4n) is 3.04. The van der Waals surface area contributed by atoms with Gasteiger partial charge < -0.3 is 0 Å². The van der Waals surface area contributed by atoms with Gasteiger partial charge in [0.2, 0.25) is 0 Å². The Labute approximate surface area is 157 Å². The van der Waals surface area contributed by atoms with Gasteiger partial charge in [0.15, 0.2) is 9.84 Å². The molecular weight excluding hydrogens is 376 g/mol. The Bertz CT molecular complexity index is 982. The van der Waals surface area contributed by atoms with Gasteiger partial charge in [-0.3, -0.25) is 9.48 Å². The van der Waals surface area contributed by atoms with Gasteiger partial charge in [0.1, 0.15) is 0 Å². The number of halogens is 1. The molecule has 1 N–H and O–H groups in total. The van der Waals surface area contributed by atoms with E-state index in [9.17, 15) is 13.2 Å². The van der Waals surface area contributed by atoms with Crippen LogP contribution >= 0.6 is 11.6 Å². The summed E-state index contributed by atoms with van der Waals surface area (Å²) >= 11 is 5.87. The van der Waals surface area contributed by atoms with Gasteiger partial charge in [-0.2, -0.15) is 10.2 Å². The number of rotatable bonds is 4. The highest BCUT2D eigenvalue weighted by Gasteiger charge is 2.31. The van der Waals surface area contributed by atoms with Crippen LogP contribution in [0.3, 0.4) is 0 Å². The predicted octanol–water partition coefficient (Wildman–Crippen LogP) is 2.28. The lowest BCUT2D eigenvalue weighted by molar-refractivity contribution is 0.0955. The maximum atomic E-state index is 12.1. The van der Waals surface area contributed by atoms with Gasteiger partial charge in [0.25, 0.3) is 5.91 Å². The first-order chi connectivity index (χ1) is 12.3. The summed E-state index contributed by atoms with van der Waals surface area (Å²) < 4.78 is 25.1. The van der Waals surface area contributed by atoms with Crippen LogP contribution in [0.2, 0.25) is 5.02 Å². The summed E-state index contributed by atoms with van der Waals surface area (Å²) in [6.45, 7) is 3.69. The molecular formula is C17H19ClN4O3S. The lowest BCUT2D eigenvalue weighted by atomic mass is 10.2. The number of hydrogen-bond acceptors (Lipinski definition) is 5. The van der Waals surface area contributed by atoms with E-state index in [-0.39, 0.29) is 23.5 Å². The molecule has 1 fully saturated rings. The minimum atomic E-state index is -2.99. The number of benzene rings is 1. The van der Waals surface area contributed by atoms with Gasteiger partial charge in [0.05, 0.1) is 29.5 Å². The third kappa shape index (κ3) is 3.96. The van der Waals surface area contributed by atoms with E-state index in [1.165, 1.54) is 6.21 Å². The predicted molar refractivity (Wildman–Crippen MR) is 101 cm³/mol. The number of nitrogens with zero attached hydrogens (tertiary/aromatic N) is 3. The molecule has 1 aliphatic heterocycles. The largest absolute Gasteiger partial charge is 0.271 e. The van der Waals surface area contributed by atoms with Crippen molar-refractivity contribution in [2.75, 3.05) is 11.5 Å². The van der Waals surface area contributed by atoms with Crippen LogP contribution in [0.4, 0.5) is 0 Å². The Kier molecular flexibility index (Phi) is 5.15. The molecule has 1 aromatic heterocycles. The van der Waals surface area contributed by atoms with Gasteiger partial charge in [0, 0.05) is 21.8 Å². The Hall–Kier alpha value is -2.19. The monoisotopic (exact) mass is 394 g/mol. The lowest BCUT2D eigenvalue weighted by Gasteiger charge is -2.10. The summed E-state index contributed by atoms with van der Waals surface area (Å²) in [5, 5.41) is 8.93. The average molecular weight is 395 g/mol. The summed E-state index contributed by atoms with van der Waals surface area (Å²) in [6.07, 6.45) is 2.09. The summed E-state index contributed by atoms with van der Waals surface area (Å²) in [6, 6.07) is 6.43. The van der Waals surface area contributed by atoms with Crippen molar-refractivity contribution < 1.29 is 13.2 Å². The zero-order chi connectivity index (χ0) is 18.9. The van der Waals surface area contributed by atoms with Crippen molar-refractivity contribution in [1.29, 1.82) is 0 Å². The van der Waals surface area contributed by atoms with Crippen molar-refractivity contribution >= 4 is 33.6 Å². The van der Waals surface area contributed by atoms with Crippen molar-refractivity contribution in [3.63, 3.8) is 0 Å². The number of sulfone groups is 1. The number of carbonyl (C=O) groups is 1. The van der Waals surface area contributed by atoms with E-state index in [0.717, 1.165) is 17.0 Å². The molecule has 0 aliphatic carbocycles. The maximum absolute atomic E-state index is 12.1. The van der Waals surface area contributed by atoms with Gasteiger partial charge in [-0.1, -0.05) is 17.7 Å². The molecule has 0 unspecified atom stereocenters. The number of hydrogen-bond donors (Lipinski definition) is 1. The highest BCUT2D eigenvalue weighted by Crippen LogP contribution is 2.26. The number of aromatic nitrogens is 2. The second-order valence-corrected chi connectivity index (χ2v) is 8.96. The third-order valence-electron chi connectivity index (χ3n) is 4.38. The van der Waals surface area contributed by atoms with Crippen molar-refractivity contribution in [1.82, 2.24) is 15.2 Å². The molecule has 0 radical (unpaired) electrons. The average Bonchev–Trinajstić information content (AvgIpc) is 3.07. The minimum absolute atomic E-state index is 0.108. The summed E-state index contributed by atoms with van der Waals surface area (Å²) in [5.41, 5.74) is 5.19. The van der Waals surface area contributed by atoms with Crippen molar-refractivity contribution in [2.24, 2.45) is 5.10 Å². The molecule has 9 heteroatoms. The molecule has 1 atom stereocenters. The standard InChI is InChI=1S/C17H19ClN4O3S/c1-11-16(9-19-20-17(23)13-4-3-5-14(18)8-13)12(2)22(21-11)15-6-7-26(24,25)10-15/h3-5,8-9,15H,6-7,10H2,1-2H3,(H,20,23)/b19-9-/t15-/m0/s1. The first-order valence-corrected chi connectivity index (χ1v) is 10.3. The number of carbonyl (C=O) groups excluding carboxylic acids is 1. The van der Waals surface area contributed by atoms with Crippen LogP contribution in [0.25, 0.3) is 0 Å². The van der Waals surface area contributed by atoms with E-state index < -0.39 is 9.84 Å². The van der Waals surface area contributed by atoms with E-state index in [4.69, 9.17) is 11.6 Å². The Morgan fingerprint density at radius 2 is 2.19 bits per heavy atom. The van der Waals surface area contributed by atoms with E-state index >= 15 is 0 Å². The normalized spacial score (nSPS) is 19.1. The number of amides is 1. The second-order valence-electron chi connectivity index (χ2n) is 6.30. The van der Waals surface area contributed by atoms with Crippen molar-refractivity contribution in [2.45, 2.75) is 26.3 Å². The van der Waals surface area contributed by atoms with Crippen LogP contribution in [0.15, 0.2) is 29.4 Å². The van der Waals surface area contributed by atoms with Crippen LogP contribution in [-0.4, -0.2) is 41.8 Å². The van der Waals surface area contributed by atoms with Crippen LogP contribution in [0.5, 0.6) is 0 Å². The van der Waals surface area contributed by atoms with Crippen LogP contribution < -0.4 is 5.43 Å². The van der Waals surface area contributed by atoms with Gasteiger partial charge in [-0.05, 0) is 38.5 Å². The van der Waals surface area contributed by atoms with Crippen LogP contribution in [-0.2, 0) is 9.84 Å². The molecule has 1 amide bonds. The van der Waals surface area contributed by atoms with Gasteiger partial charge in [-0.15, -0.1) is 0 Å². The second kappa shape index (κ2) is 7.20. The molecule has 1 saturated heterocycles. The molecule has 2 aromatic rings. The molecule has 2 heterocycles. The maximum Gasteiger partial charge on any atom is 0.271 e. The lowest BCUT2D eigenvalue weighted by Crippen LogP contribution is -2.17. The molecule has 0 spiro atoms. The summed E-state index contributed by atoms with van der Waals surface area (Å²) in [5.74, 6) is -0.0695. The molecule has 1 aliphatic rings. The highest BCUT2D eigenvalue weighted by molar-refractivity contribution is 7.91. The fourth-order valence-corrected chi connectivity index (χ4v) is 4.92. The molecule has 1 aromatic carbocycles. The smallest absolute Gasteiger partial charge is 0.267 e.